The summed E-state index contributed by atoms with van der Waals surface area (Å²) >= 11 is 0. The first-order chi connectivity index (χ1) is 21.4. The molecule has 0 aliphatic heterocycles. The fourth-order valence-electron chi connectivity index (χ4n) is 4.70. The Labute approximate surface area is 259 Å². The largest absolute Gasteiger partial charge is 0.467 e. The lowest BCUT2D eigenvalue weighted by atomic mass is 9.94. The number of esters is 1. The van der Waals surface area contributed by atoms with Crippen LogP contribution in [0.25, 0.3) is 0 Å². The zero-order valence-corrected chi connectivity index (χ0v) is 25.2. The zero-order chi connectivity index (χ0) is 33.1. The van der Waals surface area contributed by atoms with Crippen LogP contribution in [-0.2, 0) is 32.1 Å². The number of nitrogens with two attached hydrogens (primary N) is 1. The summed E-state index contributed by atoms with van der Waals surface area (Å²) < 4.78 is 6.57. The van der Waals surface area contributed by atoms with Crippen LogP contribution in [0, 0.1) is 16.0 Å². The number of amides is 3. The third-order valence-corrected chi connectivity index (χ3v) is 7.25. The van der Waals surface area contributed by atoms with Gasteiger partial charge in [0.25, 0.3) is 11.6 Å². The number of nitro groups is 1. The van der Waals surface area contributed by atoms with Crippen molar-refractivity contribution in [2.45, 2.75) is 63.9 Å². The number of hydrogen-bond donors (Lipinski definition) is 3. The van der Waals surface area contributed by atoms with E-state index in [2.05, 4.69) is 15.6 Å². The molecule has 5 atom stereocenters. The van der Waals surface area contributed by atoms with Gasteiger partial charge in [-0.3, -0.25) is 34.1 Å². The molecule has 3 rings (SSSR count). The van der Waals surface area contributed by atoms with Gasteiger partial charge in [0.2, 0.25) is 11.8 Å². The van der Waals surface area contributed by atoms with Crippen LogP contribution in [0.5, 0.6) is 0 Å². The van der Waals surface area contributed by atoms with Crippen LogP contribution >= 0.6 is 0 Å². The van der Waals surface area contributed by atoms with Gasteiger partial charge in [0.1, 0.15) is 6.04 Å². The molecule has 0 saturated heterocycles. The first kappa shape index (κ1) is 34.5. The molecule has 0 spiro atoms. The van der Waals surface area contributed by atoms with E-state index >= 15 is 0 Å². The maximum atomic E-state index is 14.0. The Hall–Kier alpha value is -5.02. The fraction of sp³-hybridized carbons (Fsp3) is 0.400. The predicted molar refractivity (Wildman–Crippen MR) is 160 cm³/mol. The van der Waals surface area contributed by atoms with Crippen molar-refractivity contribution in [3.05, 3.63) is 88.2 Å². The second-order valence-electron chi connectivity index (χ2n) is 10.6. The van der Waals surface area contributed by atoms with Gasteiger partial charge in [-0.2, -0.15) is 0 Å². The maximum absolute atomic E-state index is 14.0. The van der Waals surface area contributed by atoms with Gasteiger partial charge in [-0.1, -0.05) is 42.5 Å². The van der Waals surface area contributed by atoms with Gasteiger partial charge < -0.3 is 20.9 Å². The first-order valence-electron chi connectivity index (χ1n) is 14.2. The summed E-state index contributed by atoms with van der Waals surface area (Å²) in [6.45, 7) is 3.46. The summed E-state index contributed by atoms with van der Waals surface area (Å²) in [6, 6.07) is 9.99. The number of aliphatic hydroxyl groups is 1. The standard InChI is InChI=1S/C30H37N7O8/c1-19(13-15-35-16-14-32-34-35)27(30(42)45-3)36(29(41)22-7-5-4-6-8-22)26(39)18-25(38)24(33-28(40)20(2)31)17-21-9-11-23(12-10-21)37(43)44/h4-12,14,16,19-20,24-25,27,38H,13,15,17-18,31H2,1-3H3,(H,33,40)/t19-,20?,24-,25?,27-/m0/s1. The summed E-state index contributed by atoms with van der Waals surface area (Å²) in [4.78, 5) is 64.8. The molecule has 45 heavy (non-hydrogen) atoms. The van der Waals surface area contributed by atoms with Gasteiger partial charge in [0.05, 0.1) is 42.8 Å². The van der Waals surface area contributed by atoms with Crippen LogP contribution < -0.4 is 11.1 Å². The second kappa shape index (κ2) is 16.2. The molecule has 240 valence electrons. The number of benzene rings is 2. The van der Waals surface area contributed by atoms with Gasteiger partial charge in [0.15, 0.2) is 0 Å². The summed E-state index contributed by atoms with van der Waals surface area (Å²) in [5, 5.41) is 32.7. The van der Waals surface area contributed by atoms with Crippen LogP contribution in [0.15, 0.2) is 67.0 Å². The Morgan fingerprint density at radius 2 is 1.78 bits per heavy atom. The number of ether oxygens (including phenoxy) is 1. The van der Waals surface area contributed by atoms with E-state index < -0.39 is 65.2 Å². The van der Waals surface area contributed by atoms with Gasteiger partial charge >= 0.3 is 5.97 Å². The number of imide groups is 1. The number of rotatable bonds is 15. The number of nitrogens with one attached hydrogen (secondary N) is 1. The van der Waals surface area contributed by atoms with Crippen molar-refractivity contribution >= 4 is 29.4 Å². The lowest BCUT2D eigenvalue weighted by Crippen LogP contribution is -2.55. The molecule has 0 saturated carbocycles. The fourth-order valence-corrected chi connectivity index (χ4v) is 4.70. The highest BCUT2D eigenvalue weighted by Crippen LogP contribution is 2.23. The highest BCUT2D eigenvalue weighted by atomic mass is 16.6. The molecule has 2 unspecified atom stereocenters. The van der Waals surface area contributed by atoms with E-state index in [-0.39, 0.29) is 17.7 Å². The van der Waals surface area contributed by atoms with Gasteiger partial charge in [-0.15, -0.1) is 5.10 Å². The van der Waals surface area contributed by atoms with Crippen molar-refractivity contribution in [1.29, 1.82) is 0 Å². The third kappa shape index (κ3) is 9.48. The SMILES string of the molecule is COC(=O)[C@H]([C@@H](C)CCn1ccnn1)N(C(=O)CC(O)[C@H](Cc1ccc([N+](=O)[O-])cc1)NC(=O)C(C)N)C(=O)c1ccccc1. The van der Waals surface area contributed by atoms with Gasteiger partial charge in [-0.05, 0) is 43.4 Å². The topological polar surface area (TPSA) is 213 Å². The Kier molecular flexibility index (Phi) is 12.4. The van der Waals surface area contributed by atoms with Crippen LogP contribution in [0.2, 0.25) is 0 Å². The molecular formula is C30H37N7O8. The van der Waals surface area contributed by atoms with Crippen molar-refractivity contribution in [1.82, 2.24) is 25.2 Å². The lowest BCUT2D eigenvalue weighted by Gasteiger charge is -2.34. The Morgan fingerprint density at radius 1 is 1.11 bits per heavy atom. The van der Waals surface area contributed by atoms with Crippen molar-refractivity contribution < 1.29 is 33.9 Å². The minimum absolute atomic E-state index is 0.0216. The number of aliphatic hydroxyl groups excluding tert-OH is 1. The third-order valence-electron chi connectivity index (χ3n) is 7.25. The van der Waals surface area contributed by atoms with Gasteiger partial charge in [0, 0.05) is 30.4 Å². The van der Waals surface area contributed by atoms with E-state index in [9.17, 15) is 34.4 Å². The molecule has 4 N–H and O–H groups in total. The lowest BCUT2D eigenvalue weighted by molar-refractivity contribution is -0.384. The Bertz CT molecular complexity index is 1450. The maximum Gasteiger partial charge on any atom is 0.329 e. The Morgan fingerprint density at radius 3 is 2.33 bits per heavy atom. The number of non-ortho nitro benzene ring substituents is 1. The van der Waals surface area contributed by atoms with Crippen LogP contribution in [-0.4, -0.2) is 85.0 Å². The molecule has 0 radical (unpaired) electrons. The molecule has 3 amide bonds. The Balaban J connectivity index is 1.94. The molecule has 1 aromatic heterocycles. The number of hydrogen-bond acceptors (Lipinski definition) is 11. The van der Waals surface area contributed by atoms with E-state index in [0.29, 0.717) is 18.5 Å². The first-order valence-corrected chi connectivity index (χ1v) is 14.2. The average Bonchev–Trinajstić information content (AvgIpc) is 3.55. The van der Waals surface area contributed by atoms with Gasteiger partial charge in [-0.25, -0.2) is 4.79 Å². The molecule has 0 aliphatic carbocycles. The molecular weight excluding hydrogens is 586 g/mol. The van der Waals surface area contributed by atoms with E-state index in [1.54, 1.807) is 36.0 Å². The number of aromatic nitrogens is 3. The number of methoxy groups -OCH3 is 1. The van der Waals surface area contributed by atoms with E-state index in [4.69, 9.17) is 10.5 Å². The molecule has 15 heteroatoms. The number of carbonyl (C=O) groups excluding carboxylic acids is 4. The highest BCUT2D eigenvalue weighted by molar-refractivity contribution is 6.07. The van der Waals surface area contributed by atoms with Crippen molar-refractivity contribution in [2.75, 3.05) is 7.11 Å². The summed E-state index contributed by atoms with van der Waals surface area (Å²) in [6.07, 6.45) is 1.20. The van der Waals surface area contributed by atoms with Crippen LogP contribution in [0.1, 0.15) is 42.6 Å². The smallest absolute Gasteiger partial charge is 0.329 e. The van der Waals surface area contributed by atoms with E-state index in [0.717, 1.165) is 12.0 Å². The van der Waals surface area contributed by atoms with Crippen molar-refractivity contribution in [3.63, 3.8) is 0 Å². The monoisotopic (exact) mass is 623 g/mol. The highest BCUT2D eigenvalue weighted by Gasteiger charge is 2.41. The minimum atomic E-state index is -1.55. The predicted octanol–water partition coefficient (Wildman–Crippen LogP) is 1.25. The molecule has 2 aromatic carbocycles. The quantitative estimate of drug-likeness (QED) is 0.124. The zero-order valence-electron chi connectivity index (χ0n) is 25.2. The van der Waals surface area contributed by atoms with Crippen LogP contribution in [0.4, 0.5) is 5.69 Å². The van der Waals surface area contributed by atoms with Crippen LogP contribution in [0.3, 0.4) is 0 Å². The molecule has 0 bridgehead atoms. The summed E-state index contributed by atoms with van der Waals surface area (Å²) in [5.74, 6) is -3.71. The second-order valence-corrected chi connectivity index (χ2v) is 10.6. The summed E-state index contributed by atoms with van der Waals surface area (Å²) in [7, 11) is 1.15. The number of nitrogens with zero attached hydrogens (tertiary/aromatic N) is 5. The van der Waals surface area contributed by atoms with E-state index in [1.165, 1.54) is 49.5 Å². The molecule has 0 fully saturated rings. The van der Waals surface area contributed by atoms with E-state index in [1.807, 2.05) is 0 Å². The number of carbonyl (C=O) groups is 4. The molecule has 15 nitrogen and oxygen atoms in total. The average molecular weight is 624 g/mol. The molecule has 1 heterocycles. The number of nitro benzene ring substituents is 1. The number of aryl methyl sites for hydroxylation is 1. The molecule has 3 aromatic rings. The molecule has 0 aliphatic rings. The summed E-state index contributed by atoms with van der Waals surface area (Å²) in [5.41, 5.74) is 6.23. The minimum Gasteiger partial charge on any atom is -0.467 e. The van der Waals surface area contributed by atoms with Crippen molar-refractivity contribution in [2.24, 2.45) is 11.7 Å². The normalized spacial score (nSPS) is 14.3. The van der Waals surface area contributed by atoms with Crippen molar-refractivity contribution in [3.8, 4) is 0 Å².